The van der Waals surface area contributed by atoms with Crippen molar-refractivity contribution >= 4 is 37.5 Å². The van der Waals surface area contributed by atoms with Gasteiger partial charge in [-0.2, -0.15) is 4.31 Å². The lowest BCUT2D eigenvalue weighted by molar-refractivity contribution is -0.116. The summed E-state index contributed by atoms with van der Waals surface area (Å²) in [6, 6.07) is 19.6. The number of aryl methyl sites for hydroxylation is 3. The van der Waals surface area contributed by atoms with E-state index in [-0.39, 0.29) is 18.0 Å². The second kappa shape index (κ2) is 9.77. The molecule has 0 saturated heterocycles. The molecule has 1 amide bonds. The number of carbonyl (C=O) groups is 1. The number of amides is 1. The number of nitrogens with one attached hydrogen (secondary N) is 1. The summed E-state index contributed by atoms with van der Waals surface area (Å²) in [5.74, 6) is -0.393. The maximum Gasteiger partial charge on any atom is 0.243 e. The van der Waals surface area contributed by atoms with Crippen LogP contribution in [0.4, 0.5) is 5.69 Å². The summed E-state index contributed by atoms with van der Waals surface area (Å²) in [5, 5.41) is 2.82. The quantitative estimate of drug-likeness (QED) is 0.484. The molecule has 162 valence electrons. The van der Waals surface area contributed by atoms with Gasteiger partial charge in [0.05, 0.1) is 11.4 Å². The van der Waals surface area contributed by atoms with Crippen molar-refractivity contribution in [2.75, 3.05) is 11.9 Å². The van der Waals surface area contributed by atoms with Crippen LogP contribution in [0.2, 0.25) is 0 Å². The molecule has 0 radical (unpaired) electrons. The van der Waals surface area contributed by atoms with Crippen LogP contribution >= 0.6 is 15.9 Å². The zero-order valence-corrected chi connectivity index (χ0v) is 20.1. The standard InChI is InChI=1S/C24H25BrN2O3S/c1-17-4-12-23(13-5-17)31(29,30)27(15-20-7-9-21(25)10-8-20)16-24(28)26-22-11-6-18(2)19(3)14-22/h4-14H,15-16H2,1-3H3,(H,26,28). The largest absolute Gasteiger partial charge is 0.325 e. The van der Waals surface area contributed by atoms with Gasteiger partial charge in [-0.3, -0.25) is 4.79 Å². The molecule has 0 spiro atoms. The van der Waals surface area contributed by atoms with E-state index in [4.69, 9.17) is 0 Å². The van der Waals surface area contributed by atoms with E-state index in [0.29, 0.717) is 5.69 Å². The second-order valence-corrected chi connectivity index (χ2v) is 10.4. The van der Waals surface area contributed by atoms with Gasteiger partial charge in [-0.05, 0) is 73.9 Å². The monoisotopic (exact) mass is 500 g/mol. The van der Waals surface area contributed by atoms with Gasteiger partial charge >= 0.3 is 0 Å². The van der Waals surface area contributed by atoms with Gasteiger partial charge in [-0.1, -0.05) is 51.8 Å². The predicted molar refractivity (Wildman–Crippen MR) is 127 cm³/mol. The highest BCUT2D eigenvalue weighted by atomic mass is 79.9. The number of nitrogens with zero attached hydrogens (tertiary/aromatic N) is 1. The van der Waals surface area contributed by atoms with Crippen LogP contribution in [0.25, 0.3) is 0 Å². The molecule has 7 heteroatoms. The molecule has 0 aliphatic rings. The molecule has 0 unspecified atom stereocenters. The summed E-state index contributed by atoms with van der Waals surface area (Å²) >= 11 is 3.39. The summed E-state index contributed by atoms with van der Waals surface area (Å²) in [4.78, 5) is 12.9. The third kappa shape index (κ3) is 6.03. The highest BCUT2D eigenvalue weighted by molar-refractivity contribution is 9.10. The van der Waals surface area contributed by atoms with Gasteiger partial charge in [-0.15, -0.1) is 0 Å². The SMILES string of the molecule is Cc1ccc(S(=O)(=O)N(CC(=O)Nc2ccc(C)c(C)c2)Cc2ccc(Br)cc2)cc1. The fourth-order valence-electron chi connectivity index (χ4n) is 3.06. The van der Waals surface area contributed by atoms with Crippen LogP contribution in [0.3, 0.4) is 0 Å². The van der Waals surface area contributed by atoms with E-state index in [2.05, 4.69) is 21.2 Å². The first-order valence-electron chi connectivity index (χ1n) is 9.83. The Morgan fingerprint density at radius 2 is 1.55 bits per heavy atom. The molecule has 31 heavy (non-hydrogen) atoms. The predicted octanol–water partition coefficient (Wildman–Crippen LogP) is 5.20. The van der Waals surface area contributed by atoms with Gasteiger partial charge in [0.1, 0.15) is 0 Å². The maximum atomic E-state index is 13.3. The Hall–Kier alpha value is -2.48. The van der Waals surface area contributed by atoms with Crippen LogP contribution in [0.1, 0.15) is 22.3 Å². The van der Waals surface area contributed by atoms with Gasteiger partial charge in [0.25, 0.3) is 0 Å². The van der Waals surface area contributed by atoms with Crippen LogP contribution in [0.15, 0.2) is 76.1 Å². The van der Waals surface area contributed by atoms with E-state index in [1.54, 1.807) is 24.3 Å². The third-order valence-corrected chi connectivity index (χ3v) is 7.38. The Kier molecular flexibility index (Phi) is 7.30. The first-order valence-corrected chi connectivity index (χ1v) is 12.1. The molecule has 0 aromatic heterocycles. The van der Waals surface area contributed by atoms with E-state index in [9.17, 15) is 13.2 Å². The van der Waals surface area contributed by atoms with E-state index >= 15 is 0 Å². The topological polar surface area (TPSA) is 66.5 Å². The molecule has 1 N–H and O–H groups in total. The Morgan fingerprint density at radius 3 is 2.16 bits per heavy atom. The normalized spacial score (nSPS) is 11.5. The Labute approximate surface area is 192 Å². The van der Waals surface area contributed by atoms with Crippen molar-refractivity contribution in [2.45, 2.75) is 32.2 Å². The van der Waals surface area contributed by atoms with Crippen molar-refractivity contribution in [1.82, 2.24) is 4.31 Å². The number of hydrogen-bond acceptors (Lipinski definition) is 3. The molecular weight excluding hydrogens is 476 g/mol. The summed E-state index contributed by atoms with van der Waals surface area (Å²) < 4.78 is 28.8. The summed E-state index contributed by atoms with van der Waals surface area (Å²) in [7, 11) is -3.87. The second-order valence-electron chi connectivity index (χ2n) is 7.56. The Bertz CT molecular complexity index is 1170. The van der Waals surface area contributed by atoms with Crippen molar-refractivity contribution < 1.29 is 13.2 Å². The summed E-state index contributed by atoms with van der Waals surface area (Å²) in [6.07, 6.45) is 0. The Morgan fingerprint density at radius 1 is 0.903 bits per heavy atom. The Balaban J connectivity index is 1.87. The molecule has 3 aromatic carbocycles. The number of hydrogen-bond donors (Lipinski definition) is 1. The van der Waals surface area contributed by atoms with Gasteiger partial charge in [0, 0.05) is 16.7 Å². The smallest absolute Gasteiger partial charge is 0.243 e. The van der Waals surface area contributed by atoms with Crippen LogP contribution in [0, 0.1) is 20.8 Å². The van der Waals surface area contributed by atoms with Crippen molar-refractivity contribution in [1.29, 1.82) is 0 Å². The number of halogens is 1. The van der Waals surface area contributed by atoms with Crippen LogP contribution in [-0.4, -0.2) is 25.2 Å². The van der Waals surface area contributed by atoms with E-state index in [0.717, 1.165) is 26.7 Å². The molecular formula is C24H25BrN2O3S. The molecule has 0 heterocycles. The molecule has 3 aromatic rings. The molecule has 0 saturated carbocycles. The number of rotatable bonds is 7. The zero-order chi connectivity index (χ0) is 22.6. The number of carbonyl (C=O) groups excluding carboxylic acids is 1. The number of sulfonamides is 1. The summed E-state index contributed by atoms with van der Waals surface area (Å²) in [6.45, 7) is 5.65. The lowest BCUT2D eigenvalue weighted by Gasteiger charge is -2.22. The molecule has 3 rings (SSSR count). The molecule has 0 bridgehead atoms. The number of benzene rings is 3. The summed E-state index contributed by atoms with van der Waals surface area (Å²) in [5.41, 5.74) is 4.57. The maximum absolute atomic E-state index is 13.3. The lowest BCUT2D eigenvalue weighted by Crippen LogP contribution is -2.37. The van der Waals surface area contributed by atoms with Crippen LogP contribution < -0.4 is 5.32 Å². The fraction of sp³-hybridized carbons (Fsp3) is 0.208. The van der Waals surface area contributed by atoms with Crippen molar-refractivity contribution in [3.63, 3.8) is 0 Å². The minimum Gasteiger partial charge on any atom is -0.325 e. The minimum absolute atomic E-state index is 0.0871. The van der Waals surface area contributed by atoms with Crippen molar-refractivity contribution in [3.05, 3.63) is 93.5 Å². The average Bonchev–Trinajstić information content (AvgIpc) is 2.72. The van der Waals surface area contributed by atoms with Crippen molar-refractivity contribution in [2.24, 2.45) is 0 Å². The molecule has 0 atom stereocenters. The first-order chi connectivity index (χ1) is 14.6. The van der Waals surface area contributed by atoms with Crippen LogP contribution in [-0.2, 0) is 21.4 Å². The highest BCUT2D eigenvalue weighted by Gasteiger charge is 2.27. The molecule has 0 fully saturated rings. The lowest BCUT2D eigenvalue weighted by atomic mass is 10.1. The molecule has 0 aliphatic heterocycles. The van der Waals surface area contributed by atoms with Gasteiger partial charge in [0.2, 0.25) is 15.9 Å². The van der Waals surface area contributed by atoms with Gasteiger partial charge < -0.3 is 5.32 Å². The number of anilines is 1. The zero-order valence-electron chi connectivity index (χ0n) is 17.7. The van der Waals surface area contributed by atoms with E-state index in [1.165, 1.54) is 4.31 Å². The fourth-order valence-corrected chi connectivity index (χ4v) is 4.71. The van der Waals surface area contributed by atoms with Gasteiger partial charge in [0.15, 0.2) is 0 Å². The van der Waals surface area contributed by atoms with Crippen molar-refractivity contribution in [3.8, 4) is 0 Å². The molecule has 0 aliphatic carbocycles. The molecule has 5 nitrogen and oxygen atoms in total. The van der Waals surface area contributed by atoms with Gasteiger partial charge in [-0.25, -0.2) is 8.42 Å². The first kappa shape index (κ1) is 23.2. The minimum atomic E-state index is -3.87. The van der Waals surface area contributed by atoms with E-state index in [1.807, 2.05) is 63.2 Å². The third-order valence-electron chi connectivity index (χ3n) is 5.04. The van der Waals surface area contributed by atoms with E-state index < -0.39 is 15.9 Å². The van der Waals surface area contributed by atoms with Crippen LogP contribution in [0.5, 0.6) is 0 Å². The average molecular weight is 501 g/mol. The highest BCUT2D eigenvalue weighted by Crippen LogP contribution is 2.21.